The molecule has 430 valence electrons. The Kier molecular flexibility index (Phi) is 19.8. The third-order valence-corrected chi connectivity index (χ3v) is 15.5. The molecule has 0 aliphatic carbocycles. The summed E-state index contributed by atoms with van der Waals surface area (Å²) >= 11 is 0. The topological polar surface area (TPSA) is 237 Å². The van der Waals surface area contributed by atoms with E-state index in [1.807, 2.05) is 113 Å². The van der Waals surface area contributed by atoms with E-state index in [9.17, 15) is 22.8 Å². The van der Waals surface area contributed by atoms with Crippen LogP contribution in [0, 0.1) is 0 Å². The number of aromatic amines is 3. The Bertz CT molecular complexity index is 2910. The first-order valence-electron chi connectivity index (χ1n) is 28.1. The van der Waals surface area contributed by atoms with Crippen molar-refractivity contribution in [2.75, 3.05) is 144 Å². The number of aromatic nitrogens is 6. The lowest BCUT2D eigenvalue weighted by Gasteiger charge is -2.32. The highest BCUT2D eigenvalue weighted by atomic mass is 32.2. The minimum atomic E-state index is -2.98. The molecular weight excluding hydrogens is 1030 g/mol. The highest BCUT2D eigenvalue weighted by Crippen LogP contribution is 2.22. The fraction of sp³-hybridized carbons (Fsp3) is 0.571. The van der Waals surface area contributed by atoms with Gasteiger partial charge in [-0.1, -0.05) is 36.4 Å². The van der Waals surface area contributed by atoms with Crippen LogP contribution in [0.4, 0.5) is 32.2 Å². The number of benzene rings is 3. The third kappa shape index (κ3) is 17.3. The summed E-state index contributed by atoms with van der Waals surface area (Å²) in [6.45, 7) is 25.4. The number of fused-ring (bicyclic) bond motifs is 3. The number of sulfone groups is 1. The number of amides is 4. The number of para-hydroxylation sites is 6. The highest BCUT2D eigenvalue weighted by molar-refractivity contribution is 7.91. The largest absolute Gasteiger partial charge is 0.444 e. The van der Waals surface area contributed by atoms with E-state index in [1.54, 1.807) is 14.7 Å². The van der Waals surface area contributed by atoms with Crippen molar-refractivity contribution in [1.29, 1.82) is 0 Å². The van der Waals surface area contributed by atoms with Gasteiger partial charge in [-0.25, -0.2) is 37.8 Å². The van der Waals surface area contributed by atoms with Gasteiger partial charge in [0.1, 0.15) is 11.2 Å². The Labute approximate surface area is 464 Å². The van der Waals surface area contributed by atoms with Gasteiger partial charge in [0, 0.05) is 105 Å². The number of imidazole rings is 3. The van der Waals surface area contributed by atoms with Gasteiger partial charge in [0.05, 0.1) is 44.6 Å². The Morgan fingerprint density at radius 3 is 1.27 bits per heavy atom. The molecular formula is C56H83N15O7S. The fourth-order valence-electron chi connectivity index (χ4n) is 9.74. The molecule has 4 amide bonds. The average Bonchev–Trinajstić information content (AvgIpc) is 3.82. The van der Waals surface area contributed by atoms with Crippen molar-refractivity contribution in [1.82, 2.24) is 60.1 Å². The van der Waals surface area contributed by atoms with E-state index in [2.05, 4.69) is 61.3 Å². The van der Waals surface area contributed by atoms with Gasteiger partial charge in [-0.15, -0.1) is 0 Å². The standard InChI is InChI=1S/C17H23N5O3S.C17H24N4O2.C12H16N4.C10H20N2O2/c23-17(22-10-12-26(24,25)13-11-22)21-7-3-6-20(8-9-21)16-18-14-4-1-2-5-15(14)19-16;1-17(2,3)23-16(22)21-10-6-9-20(11-12-21)15-18-13-7-4-5-8-14(13)19-15;1-2-5-11-10(4-1)14-12(15-11)16-8-3-6-13-7-9-16;1-10(2,3)14-9(13)12-7-4-5-11-6-8-12/h1-2,4-5H,3,6-13H2,(H,18,19);4-5,7-8H,6,9-12H2,1-3H3,(H,18,19);1-2,4-5,13H,3,6-9H2,(H,14,15);11H,4-8H2,1-3H3. The molecule has 6 aromatic rings. The zero-order valence-electron chi connectivity index (χ0n) is 47.1. The van der Waals surface area contributed by atoms with Crippen LogP contribution in [0.25, 0.3) is 33.1 Å². The van der Waals surface area contributed by atoms with Gasteiger partial charge in [-0.05, 0) is 117 Å². The molecule has 0 radical (unpaired) electrons. The molecule has 22 nitrogen and oxygen atoms in total. The number of nitrogens with one attached hydrogen (secondary N) is 5. The summed E-state index contributed by atoms with van der Waals surface area (Å²) in [5, 5.41) is 6.64. The number of ether oxygens (including phenoxy) is 2. The molecule has 5 N–H and O–H groups in total. The molecule has 0 saturated carbocycles. The quantitative estimate of drug-likeness (QED) is 0.127. The van der Waals surface area contributed by atoms with Crippen molar-refractivity contribution in [3.05, 3.63) is 72.8 Å². The van der Waals surface area contributed by atoms with Gasteiger partial charge >= 0.3 is 18.2 Å². The number of hydrogen-bond acceptors (Lipinski definition) is 15. The van der Waals surface area contributed by atoms with Crippen LogP contribution in [0.15, 0.2) is 72.8 Å². The van der Waals surface area contributed by atoms with Crippen molar-refractivity contribution in [3.63, 3.8) is 0 Å². The first-order chi connectivity index (χ1) is 37.9. The van der Waals surface area contributed by atoms with Crippen molar-refractivity contribution in [2.24, 2.45) is 0 Å². The number of anilines is 3. The number of carbonyl (C=O) groups is 3. The molecule has 0 atom stereocenters. The summed E-state index contributed by atoms with van der Waals surface area (Å²) < 4.78 is 33.9. The predicted molar refractivity (Wildman–Crippen MR) is 312 cm³/mol. The second kappa shape index (κ2) is 26.9. The van der Waals surface area contributed by atoms with Crippen LogP contribution >= 0.6 is 0 Å². The fourth-order valence-corrected chi connectivity index (χ4v) is 10.9. The van der Waals surface area contributed by atoms with E-state index < -0.39 is 21.0 Å². The van der Waals surface area contributed by atoms with Gasteiger partial charge in [0.2, 0.25) is 17.8 Å². The SMILES string of the molecule is CC(C)(C)OC(=O)N1CCCN(c2nc3ccccc3[nH]2)CC1.CC(C)(C)OC(=O)N1CCCNCC1.O=C(N1CCCN(c2nc3ccccc3[nH]2)CC1)N1CCS(=O)(=O)CC1.c1ccc2[nH]c(N3CCCNCC3)nc2c1. The first kappa shape index (κ1) is 58.3. The van der Waals surface area contributed by atoms with Crippen LogP contribution < -0.4 is 25.3 Å². The zero-order chi connectivity index (χ0) is 56.0. The van der Waals surface area contributed by atoms with Gasteiger partial charge in [0.15, 0.2) is 9.84 Å². The molecule has 5 fully saturated rings. The van der Waals surface area contributed by atoms with Crippen molar-refractivity contribution >= 4 is 79.0 Å². The monoisotopic (exact) mass is 1110 g/mol. The minimum Gasteiger partial charge on any atom is -0.444 e. The number of rotatable bonds is 3. The molecule has 23 heteroatoms. The van der Waals surface area contributed by atoms with E-state index in [0.29, 0.717) is 45.8 Å². The molecule has 0 bridgehead atoms. The van der Waals surface area contributed by atoms with Gasteiger partial charge in [-0.3, -0.25) is 0 Å². The van der Waals surface area contributed by atoms with Crippen molar-refractivity contribution in [3.8, 4) is 0 Å². The maximum Gasteiger partial charge on any atom is 0.410 e. The molecule has 3 aromatic heterocycles. The molecule has 5 aliphatic rings. The third-order valence-electron chi connectivity index (χ3n) is 13.9. The summed E-state index contributed by atoms with van der Waals surface area (Å²) in [5.41, 5.74) is 5.28. The predicted octanol–water partition coefficient (Wildman–Crippen LogP) is 6.51. The lowest BCUT2D eigenvalue weighted by molar-refractivity contribution is 0.0252. The van der Waals surface area contributed by atoms with E-state index in [-0.39, 0.29) is 29.7 Å². The molecule has 5 aliphatic heterocycles. The maximum absolute atomic E-state index is 12.7. The van der Waals surface area contributed by atoms with Gasteiger partial charge in [-0.2, -0.15) is 0 Å². The normalized spacial score (nSPS) is 18.6. The van der Waals surface area contributed by atoms with Crippen molar-refractivity contribution < 1.29 is 32.3 Å². The number of urea groups is 1. The lowest BCUT2D eigenvalue weighted by Crippen LogP contribution is -2.50. The summed E-state index contributed by atoms with van der Waals surface area (Å²) in [4.78, 5) is 74.3. The Balaban J connectivity index is 0.000000143. The van der Waals surface area contributed by atoms with Crippen molar-refractivity contribution in [2.45, 2.75) is 78.4 Å². The van der Waals surface area contributed by atoms with Gasteiger partial charge in [0.25, 0.3) is 0 Å². The lowest BCUT2D eigenvalue weighted by atomic mass is 10.2. The Morgan fingerprint density at radius 2 is 0.797 bits per heavy atom. The molecule has 11 rings (SSSR count). The summed E-state index contributed by atoms with van der Waals surface area (Å²) in [6, 6.07) is 24.1. The number of hydrogen-bond donors (Lipinski definition) is 5. The van der Waals surface area contributed by atoms with Crippen LogP contribution in [-0.4, -0.2) is 217 Å². The van der Waals surface area contributed by atoms with Crippen LogP contribution in [0.2, 0.25) is 0 Å². The molecule has 0 unspecified atom stereocenters. The smallest absolute Gasteiger partial charge is 0.410 e. The van der Waals surface area contributed by atoms with E-state index >= 15 is 0 Å². The van der Waals surface area contributed by atoms with Gasteiger partial charge < -0.3 is 69.4 Å². The Morgan fingerprint density at radius 1 is 0.430 bits per heavy atom. The number of carbonyl (C=O) groups excluding carboxylic acids is 3. The average molecular weight is 1110 g/mol. The molecule has 5 saturated heterocycles. The van der Waals surface area contributed by atoms with Crippen LogP contribution in [0.5, 0.6) is 0 Å². The van der Waals surface area contributed by atoms with Crippen LogP contribution in [-0.2, 0) is 19.3 Å². The Hall–Kier alpha value is -6.85. The summed E-state index contributed by atoms with van der Waals surface area (Å²) in [7, 11) is -2.98. The minimum absolute atomic E-state index is 0.0497. The first-order valence-corrected chi connectivity index (χ1v) is 29.9. The van der Waals surface area contributed by atoms with E-state index in [0.717, 1.165) is 142 Å². The molecule has 0 spiro atoms. The highest BCUT2D eigenvalue weighted by Gasteiger charge is 2.30. The second-order valence-electron chi connectivity index (χ2n) is 22.5. The second-order valence-corrected chi connectivity index (χ2v) is 24.8. The van der Waals surface area contributed by atoms with E-state index in [1.165, 1.54) is 6.42 Å². The summed E-state index contributed by atoms with van der Waals surface area (Å²) in [5.74, 6) is 2.85. The zero-order valence-corrected chi connectivity index (χ0v) is 48.0. The molecule has 79 heavy (non-hydrogen) atoms. The number of H-pyrrole nitrogens is 3. The molecule has 3 aromatic carbocycles. The summed E-state index contributed by atoms with van der Waals surface area (Å²) in [6.07, 6.45) is 3.51. The maximum atomic E-state index is 12.7. The van der Waals surface area contributed by atoms with E-state index in [4.69, 9.17) is 9.47 Å². The van der Waals surface area contributed by atoms with Crippen LogP contribution in [0.1, 0.15) is 67.2 Å². The number of nitrogens with zero attached hydrogens (tertiary/aromatic N) is 10. The molecule has 8 heterocycles. The van der Waals surface area contributed by atoms with Crippen LogP contribution in [0.3, 0.4) is 0 Å².